The van der Waals surface area contributed by atoms with Gasteiger partial charge in [-0.15, -0.1) is 0 Å². The number of nitrogens with one attached hydrogen (secondary N) is 1. The van der Waals surface area contributed by atoms with Gasteiger partial charge in [0, 0.05) is 11.8 Å². The second kappa shape index (κ2) is 3.54. The summed E-state index contributed by atoms with van der Waals surface area (Å²) in [6.45, 7) is 1.75. The average molecular weight is 325 g/mol. The molecule has 0 aliphatic heterocycles. The van der Waals surface area contributed by atoms with Crippen molar-refractivity contribution in [2.45, 2.75) is 13.3 Å². The Kier molecular flexibility index (Phi) is 2.49. The van der Waals surface area contributed by atoms with E-state index in [4.69, 9.17) is 0 Å². The maximum absolute atomic E-state index is 12.4. The summed E-state index contributed by atoms with van der Waals surface area (Å²) in [6, 6.07) is 0.837. The number of rotatable bonds is 1. The van der Waals surface area contributed by atoms with Crippen LogP contribution in [-0.2, 0) is 0 Å². The Morgan fingerprint density at radius 2 is 2.27 bits per heavy atom. The number of fused-ring (bicyclic) bond motifs is 1. The summed E-state index contributed by atoms with van der Waals surface area (Å²) in [5.41, 5.74) is -0.0410. The molecule has 0 saturated carbocycles. The lowest BCUT2D eigenvalue weighted by atomic mass is 10.4. The highest BCUT2D eigenvalue weighted by Crippen LogP contribution is 2.18. The molecule has 0 spiro atoms. The Bertz CT molecular complexity index is 575. The fourth-order valence-corrected chi connectivity index (χ4v) is 1.73. The van der Waals surface area contributed by atoms with Crippen LogP contribution in [0, 0.1) is 10.5 Å². The zero-order valence-corrected chi connectivity index (χ0v) is 9.75. The Morgan fingerprint density at radius 1 is 1.60 bits per heavy atom. The van der Waals surface area contributed by atoms with Gasteiger partial charge in [0.2, 0.25) is 0 Å². The number of halogens is 3. The predicted octanol–water partition coefficient (Wildman–Crippen LogP) is 1.87. The van der Waals surface area contributed by atoms with Gasteiger partial charge in [-0.25, -0.2) is 18.3 Å². The van der Waals surface area contributed by atoms with E-state index in [2.05, 4.69) is 10.1 Å². The minimum atomic E-state index is -2.73. The van der Waals surface area contributed by atoms with Gasteiger partial charge in [-0.3, -0.25) is 9.89 Å². The van der Waals surface area contributed by atoms with Crippen molar-refractivity contribution in [3.8, 4) is 0 Å². The molecule has 0 radical (unpaired) electrons. The van der Waals surface area contributed by atoms with E-state index >= 15 is 0 Å². The summed E-state index contributed by atoms with van der Waals surface area (Å²) < 4.78 is 26.6. The summed E-state index contributed by atoms with van der Waals surface area (Å²) in [4.78, 5) is 15.2. The fourth-order valence-electron chi connectivity index (χ4n) is 1.25. The third-order valence-electron chi connectivity index (χ3n) is 1.97. The van der Waals surface area contributed by atoms with Crippen molar-refractivity contribution in [2.24, 2.45) is 0 Å². The second-order valence-electron chi connectivity index (χ2n) is 3.03. The lowest BCUT2D eigenvalue weighted by Crippen LogP contribution is -2.15. The molecule has 0 unspecified atom stereocenters. The number of hydrogen-bond donors (Lipinski definition) is 1. The van der Waals surface area contributed by atoms with Gasteiger partial charge >= 0.3 is 0 Å². The molecule has 4 nitrogen and oxygen atoms in total. The molecule has 0 atom stereocenters. The molecule has 2 aromatic heterocycles. The lowest BCUT2D eigenvalue weighted by molar-refractivity contribution is 0.146. The van der Waals surface area contributed by atoms with Gasteiger partial charge in [-0.2, -0.15) is 0 Å². The Hall–Kier alpha value is -0.990. The van der Waals surface area contributed by atoms with Crippen molar-refractivity contribution in [2.75, 3.05) is 0 Å². The van der Waals surface area contributed by atoms with E-state index in [0.29, 0.717) is 3.57 Å². The van der Waals surface area contributed by atoms with Crippen LogP contribution in [0.25, 0.3) is 5.65 Å². The van der Waals surface area contributed by atoms with Crippen molar-refractivity contribution >= 4 is 28.2 Å². The first-order valence-electron chi connectivity index (χ1n) is 4.06. The Morgan fingerprint density at radius 3 is 2.87 bits per heavy atom. The molecule has 0 amide bonds. The molecule has 2 rings (SSSR count). The maximum Gasteiger partial charge on any atom is 0.280 e. The van der Waals surface area contributed by atoms with Crippen LogP contribution in [0.15, 0.2) is 10.9 Å². The van der Waals surface area contributed by atoms with E-state index in [1.165, 1.54) is 0 Å². The zero-order valence-electron chi connectivity index (χ0n) is 7.59. The topological polar surface area (TPSA) is 50.2 Å². The number of aryl methyl sites for hydroxylation is 1. The molecule has 1 N–H and O–H groups in total. The van der Waals surface area contributed by atoms with Crippen LogP contribution in [0.4, 0.5) is 8.78 Å². The molecule has 15 heavy (non-hydrogen) atoms. The smallest absolute Gasteiger partial charge is 0.280 e. The third-order valence-corrected chi connectivity index (χ3v) is 3.26. The standard InChI is InChI=1S/C8H6F2IN3O/c1-3-6(11)8-12-4(7(9)10)2-5(15)14(8)13-3/h2,7,13H,1H3. The second-order valence-corrected chi connectivity index (χ2v) is 4.11. The molecular formula is C8H6F2IN3O. The van der Waals surface area contributed by atoms with Gasteiger partial charge in [0.15, 0.2) is 5.65 Å². The number of aromatic amines is 1. The van der Waals surface area contributed by atoms with E-state index in [9.17, 15) is 13.6 Å². The van der Waals surface area contributed by atoms with E-state index in [1.54, 1.807) is 6.92 Å². The first-order valence-corrected chi connectivity index (χ1v) is 5.14. The highest BCUT2D eigenvalue weighted by Gasteiger charge is 2.15. The molecule has 7 heteroatoms. The lowest BCUT2D eigenvalue weighted by Gasteiger charge is -1.98. The number of hydrogen-bond acceptors (Lipinski definition) is 2. The van der Waals surface area contributed by atoms with E-state index in [-0.39, 0.29) is 5.65 Å². The van der Waals surface area contributed by atoms with Crippen molar-refractivity contribution in [1.29, 1.82) is 0 Å². The van der Waals surface area contributed by atoms with Crippen molar-refractivity contribution in [3.63, 3.8) is 0 Å². The van der Waals surface area contributed by atoms with Crippen LogP contribution in [0.1, 0.15) is 17.8 Å². The van der Waals surface area contributed by atoms with Crippen LogP contribution in [0.5, 0.6) is 0 Å². The van der Waals surface area contributed by atoms with Gasteiger partial charge in [0.1, 0.15) is 5.69 Å². The zero-order chi connectivity index (χ0) is 11.2. The van der Waals surface area contributed by atoms with Gasteiger partial charge in [0.05, 0.1) is 3.57 Å². The molecule has 0 aliphatic carbocycles. The van der Waals surface area contributed by atoms with Crippen LogP contribution in [-0.4, -0.2) is 14.6 Å². The molecule has 0 aromatic carbocycles. The van der Waals surface area contributed by atoms with Crippen LogP contribution >= 0.6 is 22.6 Å². The largest absolute Gasteiger partial charge is 0.293 e. The normalized spacial score (nSPS) is 11.5. The SMILES string of the molecule is Cc1[nH]n2c(=O)cc(C(F)F)nc2c1I. The molecule has 80 valence electrons. The molecule has 2 heterocycles. The molecule has 0 fully saturated rings. The van der Waals surface area contributed by atoms with Crippen molar-refractivity contribution in [3.05, 3.63) is 31.4 Å². The molecule has 0 bridgehead atoms. The van der Waals surface area contributed by atoms with Gasteiger partial charge in [-0.05, 0) is 29.5 Å². The van der Waals surface area contributed by atoms with E-state index < -0.39 is 17.7 Å². The third kappa shape index (κ3) is 1.64. The highest BCUT2D eigenvalue weighted by atomic mass is 127. The van der Waals surface area contributed by atoms with Crippen LogP contribution < -0.4 is 5.56 Å². The molecule has 2 aromatic rings. The minimum absolute atomic E-state index is 0.246. The number of H-pyrrole nitrogens is 1. The summed E-state index contributed by atoms with van der Waals surface area (Å²) in [5, 5.41) is 2.75. The maximum atomic E-state index is 12.4. The van der Waals surface area contributed by atoms with Crippen molar-refractivity contribution in [1.82, 2.24) is 14.6 Å². The quantitative estimate of drug-likeness (QED) is 0.814. The number of nitrogens with zero attached hydrogens (tertiary/aromatic N) is 2. The first-order chi connectivity index (χ1) is 7.00. The summed E-state index contributed by atoms with van der Waals surface area (Å²) in [5.74, 6) is 0. The number of aromatic nitrogens is 3. The van der Waals surface area contributed by atoms with Gasteiger partial charge < -0.3 is 0 Å². The molecule has 0 saturated heterocycles. The fraction of sp³-hybridized carbons (Fsp3) is 0.250. The molecule has 0 aliphatic rings. The molecular weight excluding hydrogens is 319 g/mol. The Labute approximate surface area is 96.4 Å². The summed E-state index contributed by atoms with van der Waals surface area (Å²) >= 11 is 1.96. The van der Waals surface area contributed by atoms with E-state index in [0.717, 1.165) is 16.3 Å². The number of alkyl halides is 2. The predicted molar refractivity (Wildman–Crippen MR) is 58.2 cm³/mol. The van der Waals surface area contributed by atoms with E-state index in [1.807, 2.05) is 22.6 Å². The van der Waals surface area contributed by atoms with Gasteiger partial charge in [-0.1, -0.05) is 0 Å². The van der Waals surface area contributed by atoms with Crippen molar-refractivity contribution < 1.29 is 8.78 Å². The summed E-state index contributed by atoms with van der Waals surface area (Å²) in [6.07, 6.45) is -2.73. The van der Waals surface area contributed by atoms with Crippen LogP contribution in [0.2, 0.25) is 0 Å². The average Bonchev–Trinajstić information content (AvgIpc) is 2.45. The first kappa shape index (κ1) is 10.5. The Balaban J connectivity index is 2.86. The monoisotopic (exact) mass is 325 g/mol. The van der Waals surface area contributed by atoms with Gasteiger partial charge in [0.25, 0.3) is 12.0 Å². The minimum Gasteiger partial charge on any atom is -0.293 e. The summed E-state index contributed by atoms with van der Waals surface area (Å²) in [7, 11) is 0. The van der Waals surface area contributed by atoms with Crippen LogP contribution in [0.3, 0.4) is 0 Å². The highest BCUT2D eigenvalue weighted by molar-refractivity contribution is 14.1.